The van der Waals surface area contributed by atoms with Crippen molar-refractivity contribution in [3.8, 4) is 17.4 Å². The van der Waals surface area contributed by atoms with E-state index in [0.29, 0.717) is 23.4 Å². The van der Waals surface area contributed by atoms with E-state index in [2.05, 4.69) is 9.97 Å². The van der Waals surface area contributed by atoms with E-state index in [1.807, 2.05) is 30.8 Å². The SMILES string of the molecule is COc1ccc(F)c(OC[C@H]2CC[C@@H](C)N2c2cc3c(cc2F)c(=O)c(C(=O)O)cn3-c2ccc(N(C)C)nc2)n1. The van der Waals surface area contributed by atoms with E-state index < -0.39 is 28.6 Å². The van der Waals surface area contributed by atoms with E-state index in [-0.39, 0.29) is 41.5 Å². The van der Waals surface area contributed by atoms with Crippen LogP contribution >= 0.6 is 0 Å². The Labute approximate surface area is 234 Å². The number of halogens is 2. The van der Waals surface area contributed by atoms with Crippen molar-refractivity contribution < 1.29 is 28.2 Å². The third kappa shape index (κ3) is 5.24. The van der Waals surface area contributed by atoms with Gasteiger partial charge in [-0.25, -0.2) is 18.6 Å². The van der Waals surface area contributed by atoms with Crippen LogP contribution < -0.4 is 24.7 Å². The number of carboxylic acid groups (broad SMARTS) is 1. The van der Waals surface area contributed by atoms with Crippen LogP contribution in [0.15, 0.2) is 53.6 Å². The summed E-state index contributed by atoms with van der Waals surface area (Å²) in [6, 6.07) is 8.26. The van der Waals surface area contributed by atoms with E-state index in [9.17, 15) is 19.1 Å². The van der Waals surface area contributed by atoms with Crippen LogP contribution in [0.2, 0.25) is 0 Å². The topological polar surface area (TPSA) is 110 Å². The Morgan fingerprint density at radius 2 is 1.93 bits per heavy atom. The van der Waals surface area contributed by atoms with Gasteiger partial charge < -0.3 is 28.9 Å². The average Bonchev–Trinajstić information content (AvgIpc) is 3.32. The summed E-state index contributed by atoms with van der Waals surface area (Å²) in [6.45, 7) is 1.97. The predicted octanol–water partition coefficient (Wildman–Crippen LogP) is 4.27. The summed E-state index contributed by atoms with van der Waals surface area (Å²) in [4.78, 5) is 37.1. The largest absolute Gasteiger partial charge is 0.481 e. The Bertz CT molecular complexity index is 1680. The molecule has 3 aromatic heterocycles. The molecule has 1 aromatic carbocycles. The Morgan fingerprint density at radius 3 is 2.59 bits per heavy atom. The van der Waals surface area contributed by atoms with Gasteiger partial charge in [0.2, 0.25) is 11.3 Å². The van der Waals surface area contributed by atoms with E-state index in [1.54, 1.807) is 18.3 Å². The van der Waals surface area contributed by atoms with Gasteiger partial charge in [0.1, 0.15) is 23.8 Å². The quantitative estimate of drug-likeness (QED) is 0.335. The second kappa shape index (κ2) is 11.0. The summed E-state index contributed by atoms with van der Waals surface area (Å²) in [7, 11) is 5.09. The monoisotopic (exact) mass is 565 g/mol. The third-order valence-corrected chi connectivity index (χ3v) is 7.25. The molecule has 1 aliphatic rings. The zero-order chi connectivity index (χ0) is 29.4. The summed E-state index contributed by atoms with van der Waals surface area (Å²) in [5.41, 5.74) is -0.259. The smallest absolute Gasteiger partial charge is 0.341 e. The Kier molecular flexibility index (Phi) is 7.48. The number of pyridine rings is 3. The molecule has 1 aliphatic heterocycles. The molecule has 4 heterocycles. The highest BCUT2D eigenvalue weighted by molar-refractivity contribution is 5.94. The van der Waals surface area contributed by atoms with Crippen molar-refractivity contribution in [1.82, 2.24) is 14.5 Å². The maximum absolute atomic E-state index is 15.7. The lowest BCUT2D eigenvalue weighted by Crippen LogP contribution is -2.39. The number of hydrogen-bond acceptors (Lipinski definition) is 8. The van der Waals surface area contributed by atoms with Crippen molar-refractivity contribution in [3.05, 3.63) is 76.2 Å². The molecular weight excluding hydrogens is 536 g/mol. The first-order valence-electron chi connectivity index (χ1n) is 13.0. The molecule has 0 bridgehead atoms. The predicted molar refractivity (Wildman–Crippen MR) is 150 cm³/mol. The molecule has 1 N–H and O–H groups in total. The fraction of sp³-hybridized carbons (Fsp3) is 0.310. The highest BCUT2D eigenvalue weighted by Gasteiger charge is 2.34. The minimum absolute atomic E-state index is 0.0274. The zero-order valence-electron chi connectivity index (χ0n) is 23.0. The van der Waals surface area contributed by atoms with Crippen LogP contribution in [-0.2, 0) is 0 Å². The molecule has 5 rings (SSSR count). The first-order valence-corrected chi connectivity index (χ1v) is 13.0. The number of carboxylic acids is 1. The molecule has 214 valence electrons. The number of ether oxygens (including phenoxy) is 2. The molecule has 2 atom stereocenters. The van der Waals surface area contributed by atoms with E-state index in [4.69, 9.17) is 9.47 Å². The Hall–Kier alpha value is -4.74. The Balaban J connectivity index is 1.59. The Morgan fingerprint density at radius 1 is 1.15 bits per heavy atom. The molecule has 0 unspecified atom stereocenters. The maximum atomic E-state index is 15.7. The van der Waals surface area contributed by atoms with Crippen LogP contribution in [0.3, 0.4) is 0 Å². The minimum Gasteiger partial charge on any atom is -0.481 e. The van der Waals surface area contributed by atoms with E-state index in [1.165, 1.54) is 36.1 Å². The number of anilines is 2. The maximum Gasteiger partial charge on any atom is 0.341 e. The number of fused-ring (bicyclic) bond motifs is 1. The third-order valence-electron chi connectivity index (χ3n) is 7.25. The molecule has 4 aromatic rings. The molecule has 0 aliphatic carbocycles. The van der Waals surface area contributed by atoms with E-state index in [0.717, 1.165) is 12.5 Å². The van der Waals surface area contributed by atoms with Gasteiger partial charge in [-0.2, -0.15) is 4.98 Å². The van der Waals surface area contributed by atoms with Crippen LogP contribution in [0, 0.1) is 11.6 Å². The standard InChI is InChI=1S/C29H29F2N5O5/c1-16-5-6-18(15-41-28-21(30)8-10-26(33-28)40-4)36(16)24-12-23-19(11-22(24)31)27(37)20(29(38)39)14-35(23)17-7-9-25(32-13-17)34(2)3/h7-14,16,18H,5-6,15H2,1-4H3,(H,38,39)/t16-,18-/m1/s1. The number of nitrogens with zero attached hydrogens (tertiary/aromatic N) is 5. The van der Waals surface area contributed by atoms with E-state index >= 15 is 4.39 Å². The lowest BCUT2D eigenvalue weighted by molar-refractivity contribution is 0.0695. The minimum atomic E-state index is -1.42. The summed E-state index contributed by atoms with van der Waals surface area (Å²) < 4.78 is 42.4. The highest BCUT2D eigenvalue weighted by Crippen LogP contribution is 2.35. The number of hydrogen-bond donors (Lipinski definition) is 1. The molecule has 0 spiro atoms. The lowest BCUT2D eigenvalue weighted by Gasteiger charge is -2.31. The number of aromatic nitrogens is 3. The van der Waals surface area contributed by atoms with Gasteiger partial charge in [-0.3, -0.25) is 4.79 Å². The van der Waals surface area contributed by atoms with Crippen LogP contribution in [-0.4, -0.2) is 65.5 Å². The average molecular weight is 566 g/mol. The van der Waals surface area contributed by atoms with Crippen LogP contribution in [0.5, 0.6) is 11.8 Å². The fourth-order valence-corrected chi connectivity index (χ4v) is 5.15. The van der Waals surface area contributed by atoms with Gasteiger partial charge in [0.05, 0.1) is 36.2 Å². The van der Waals surface area contributed by atoms with Gasteiger partial charge in [-0.1, -0.05) is 0 Å². The summed E-state index contributed by atoms with van der Waals surface area (Å²) >= 11 is 0. The summed E-state index contributed by atoms with van der Waals surface area (Å²) in [6.07, 6.45) is 4.15. The molecular formula is C29H29F2N5O5. The molecule has 0 saturated carbocycles. The normalized spacial score (nSPS) is 16.7. The van der Waals surface area contributed by atoms with Crippen LogP contribution in [0.4, 0.5) is 20.3 Å². The van der Waals surface area contributed by atoms with Crippen molar-refractivity contribution in [3.63, 3.8) is 0 Å². The molecule has 1 fully saturated rings. The first kappa shape index (κ1) is 27.8. The van der Waals surface area contributed by atoms with Crippen molar-refractivity contribution in [2.45, 2.75) is 31.8 Å². The molecule has 0 radical (unpaired) electrons. The van der Waals surface area contributed by atoms with Crippen molar-refractivity contribution in [1.29, 1.82) is 0 Å². The van der Waals surface area contributed by atoms with Gasteiger partial charge in [-0.15, -0.1) is 0 Å². The van der Waals surface area contributed by atoms with Gasteiger partial charge in [0.15, 0.2) is 5.82 Å². The number of rotatable bonds is 8. The molecule has 41 heavy (non-hydrogen) atoms. The van der Waals surface area contributed by atoms with Gasteiger partial charge >= 0.3 is 5.97 Å². The highest BCUT2D eigenvalue weighted by atomic mass is 19.1. The van der Waals surface area contributed by atoms with Gasteiger partial charge in [0.25, 0.3) is 5.88 Å². The first-order chi connectivity index (χ1) is 19.6. The summed E-state index contributed by atoms with van der Waals surface area (Å²) in [5.74, 6) is -2.09. The van der Waals surface area contributed by atoms with Gasteiger partial charge in [0, 0.05) is 37.8 Å². The number of aromatic carboxylic acids is 1. The van der Waals surface area contributed by atoms with Crippen molar-refractivity contribution in [2.75, 3.05) is 37.6 Å². The number of methoxy groups -OCH3 is 1. The number of benzene rings is 1. The molecule has 0 amide bonds. The lowest BCUT2D eigenvalue weighted by atomic mass is 10.1. The zero-order valence-corrected chi connectivity index (χ0v) is 23.0. The van der Waals surface area contributed by atoms with Crippen molar-refractivity contribution in [2.24, 2.45) is 0 Å². The number of carbonyl (C=O) groups is 1. The van der Waals surface area contributed by atoms with Crippen LogP contribution in [0.1, 0.15) is 30.1 Å². The molecule has 12 heteroatoms. The second-order valence-corrected chi connectivity index (χ2v) is 10.1. The van der Waals surface area contributed by atoms with Gasteiger partial charge in [-0.05, 0) is 50.1 Å². The molecule has 1 saturated heterocycles. The van der Waals surface area contributed by atoms with Crippen LogP contribution in [0.25, 0.3) is 16.6 Å². The van der Waals surface area contributed by atoms with Crippen molar-refractivity contribution >= 4 is 28.4 Å². The fourth-order valence-electron chi connectivity index (χ4n) is 5.15. The molecule has 10 nitrogen and oxygen atoms in total. The summed E-state index contributed by atoms with van der Waals surface area (Å²) in [5, 5.41) is 9.62. The second-order valence-electron chi connectivity index (χ2n) is 10.1.